The lowest BCUT2D eigenvalue weighted by atomic mass is 9.87. The molecule has 0 radical (unpaired) electrons. The van der Waals surface area contributed by atoms with Gasteiger partial charge in [0.2, 0.25) is 5.78 Å². The largest absolute Gasteiger partial charge is 0.497 e. The summed E-state index contributed by atoms with van der Waals surface area (Å²) < 4.78 is 5.29. The summed E-state index contributed by atoms with van der Waals surface area (Å²) in [5.41, 5.74) is 12.9. The van der Waals surface area contributed by atoms with Gasteiger partial charge in [0.25, 0.3) is 0 Å². The van der Waals surface area contributed by atoms with Crippen molar-refractivity contribution in [1.82, 2.24) is 4.98 Å². The highest BCUT2D eigenvalue weighted by Crippen LogP contribution is 2.41. The zero-order valence-electron chi connectivity index (χ0n) is 18.2. The summed E-state index contributed by atoms with van der Waals surface area (Å²) in [4.78, 5) is 19.8. The van der Waals surface area contributed by atoms with E-state index in [1.807, 2.05) is 24.3 Å². The highest BCUT2D eigenvalue weighted by atomic mass is 32.1. The molecule has 0 spiro atoms. The first-order valence-corrected chi connectivity index (χ1v) is 11.9. The molecule has 4 nitrogen and oxygen atoms in total. The van der Waals surface area contributed by atoms with Crippen molar-refractivity contribution in [2.24, 2.45) is 0 Å². The molecule has 32 heavy (non-hydrogen) atoms. The number of pyridine rings is 1. The summed E-state index contributed by atoms with van der Waals surface area (Å²) in [6.45, 7) is 0. The zero-order chi connectivity index (χ0) is 22.1. The second-order valence-corrected chi connectivity index (χ2v) is 9.29. The number of anilines is 1. The smallest absolute Gasteiger partial charge is 0.205 e. The maximum atomic E-state index is 13.3. The predicted molar refractivity (Wildman–Crippen MR) is 131 cm³/mol. The maximum absolute atomic E-state index is 13.3. The highest BCUT2D eigenvalue weighted by Gasteiger charge is 2.25. The van der Waals surface area contributed by atoms with Crippen LogP contribution in [0.1, 0.15) is 50.5 Å². The minimum atomic E-state index is -0.0696. The lowest BCUT2D eigenvalue weighted by Gasteiger charge is -2.20. The van der Waals surface area contributed by atoms with Gasteiger partial charge < -0.3 is 10.5 Å². The average Bonchev–Trinajstić information content (AvgIpc) is 3.19. The van der Waals surface area contributed by atoms with Crippen molar-refractivity contribution in [3.63, 3.8) is 0 Å². The molecule has 5 heteroatoms. The van der Waals surface area contributed by atoms with Gasteiger partial charge in [-0.2, -0.15) is 0 Å². The van der Waals surface area contributed by atoms with E-state index >= 15 is 0 Å². The first-order chi connectivity index (χ1) is 15.7. The molecule has 162 valence electrons. The molecule has 1 aliphatic rings. The van der Waals surface area contributed by atoms with E-state index in [4.69, 9.17) is 15.5 Å². The topological polar surface area (TPSA) is 65.2 Å². The molecular weight excluding hydrogens is 416 g/mol. The maximum Gasteiger partial charge on any atom is 0.205 e. The van der Waals surface area contributed by atoms with Crippen LogP contribution >= 0.6 is 11.3 Å². The molecule has 0 saturated heterocycles. The van der Waals surface area contributed by atoms with E-state index in [9.17, 15) is 4.79 Å². The van der Waals surface area contributed by atoms with Crippen molar-refractivity contribution >= 4 is 33.0 Å². The van der Waals surface area contributed by atoms with E-state index < -0.39 is 0 Å². The Bertz CT molecular complexity index is 1290. The molecule has 0 fully saturated rings. The molecule has 4 aromatic rings. The fraction of sp³-hybridized carbons (Fsp3) is 0.259. The molecule has 2 aromatic heterocycles. The van der Waals surface area contributed by atoms with Crippen LogP contribution in [0, 0.1) is 0 Å². The number of nitrogens with two attached hydrogens (primary N) is 1. The van der Waals surface area contributed by atoms with Gasteiger partial charge in [0.05, 0.1) is 12.8 Å². The van der Waals surface area contributed by atoms with Gasteiger partial charge in [-0.05, 0) is 67.3 Å². The van der Waals surface area contributed by atoms with E-state index in [1.165, 1.54) is 34.4 Å². The zero-order valence-corrected chi connectivity index (χ0v) is 19.0. The van der Waals surface area contributed by atoms with Gasteiger partial charge in [0.1, 0.15) is 15.5 Å². The number of ketones is 1. The lowest BCUT2D eigenvalue weighted by molar-refractivity contribution is 0.104. The fourth-order valence-electron chi connectivity index (χ4n) is 4.67. The van der Waals surface area contributed by atoms with Crippen molar-refractivity contribution in [3.8, 4) is 5.75 Å². The molecule has 0 saturated carbocycles. The number of methoxy groups -OCH3 is 1. The molecule has 2 aromatic carbocycles. The Hall–Kier alpha value is -3.18. The Kier molecular flexibility index (Phi) is 5.66. The number of carbonyl (C=O) groups excluding carboxylic acids is 1. The summed E-state index contributed by atoms with van der Waals surface area (Å²) in [6.07, 6.45) is 6.23. The molecule has 0 aliphatic heterocycles. The molecule has 2 heterocycles. The van der Waals surface area contributed by atoms with Crippen LogP contribution < -0.4 is 10.5 Å². The number of nitrogen functional groups attached to an aromatic ring is 1. The van der Waals surface area contributed by atoms with Gasteiger partial charge in [0.15, 0.2) is 0 Å². The van der Waals surface area contributed by atoms with Crippen LogP contribution in [0.3, 0.4) is 0 Å². The molecule has 0 unspecified atom stereocenters. The number of hydrogen-bond donors (Lipinski definition) is 1. The summed E-state index contributed by atoms with van der Waals surface area (Å²) in [5, 5.41) is 0.999. The van der Waals surface area contributed by atoms with Gasteiger partial charge in [-0.1, -0.05) is 42.5 Å². The summed E-state index contributed by atoms with van der Waals surface area (Å²) in [6, 6.07) is 17.8. The number of aromatic nitrogens is 1. The third-order valence-corrected chi connectivity index (χ3v) is 7.41. The van der Waals surface area contributed by atoms with Gasteiger partial charge >= 0.3 is 0 Å². The van der Waals surface area contributed by atoms with Crippen molar-refractivity contribution in [3.05, 3.63) is 87.4 Å². The van der Waals surface area contributed by atoms with Gasteiger partial charge in [-0.3, -0.25) is 4.79 Å². The lowest BCUT2D eigenvalue weighted by Crippen LogP contribution is -2.10. The molecular formula is C27H26N2O2S. The van der Waals surface area contributed by atoms with E-state index in [2.05, 4.69) is 24.3 Å². The minimum absolute atomic E-state index is 0.0696. The van der Waals surface area contributed by atoms with Gasteiger partial charge in [-0.25, -0.2) is 4.98 Å². The van der Waals surface area contributed by atoms with Crippen LogP contribution in [0.25, 0.3) is 10.2 Å². The summed E-state index contributed by atoms with van der Waals surface area (Å²) >= 11 is 1.42. The van der Waals surface area contributed by atoms with Crippen LogP contribution in [0.4, 0.5) is 5.69 Å². The molecule has 1 aliphatic carbocycles. The number of carbonyl (C=O) groups is 1. The van der Waals surface area contributed by atoms with E-state index in [0.29, 0.717) is 21.9 Å². The Morgan fingerprint density at radius 3 is 2.59 bits per heavy atom. The second kappa shape index (κ2) is 8.75. The van der Waals surface area contributed by atoms with E-state index in [1.54, 1.807) is 13.2 Å². The molecule has 0 atom stereocenters. The molecule has 5 rings (SSSR count). The average molecular weight is 443 g/mol. The second-order valence-electron chi connectivity index (χ2n) is 8.29. The minimum Gasteiger partial charge on any atom is -0.497 e. The number of hydrogen-bond acceptors (Lipinski definition) is 5. The van der Waals surface area contributed by atoms with Crippen LogP contribution in [0.2, 0.25) is 0 Å². The SMILES string of the molecule is COc1cccc(C(=O)c2sc3nc(CCc4ccccc4)c4c(c3c2N)CCCC4)c1. The third kappa shape index (κ3) is 3.78. The van der Waals surface area contributed by atoms with Crippen molar-refractivity contribution < 1.29 is 9.53 Å². The number of benzene rings is 2. The van der Waals surface area contributed by atoms with Gasteiger partial charge in [0, 0.05) is 16.6 Å². The van der Waals surface area contributed by atoms with Crippen molar-refractivity contribution in [2.45, 2.75) is 38.5 Å². The molecule has 0 amide bonds. The predicted octanol–water partition coefficient (Wildman–Crippen LogP) is 5.78. The highest BCUT2D eigenvalue weighted by molar-refractivity contribution is 7.21. The number of aryl methyl sites for hydroxylation is 3. The van der Waals surface area contributed by atoms with Crippen LogP contribution in [-0.4, -0.2) is 17.9 Å². The third-order valence-electron chi connectivity index (χ3n) is 6.31. The number of fused-ring (bicyclic) bond motifs is 3. The summed E-state index contributed by atoms with van der Waals surface area (Å²) in [7, 11) is 1.60. The van der Waals surface area contributed by atoms with E-state index in [-0.39, 0.29) is 5.78 Å². The number of rotatable bonds is 6. The first kappa shape index (κ1) is 20.7. The van der Waals surface area contributed by atoms with E-state index in [0.717, 1.165) is 48.0 Å². The number of ether oxygens (including phenoxy) is 1. The monoisotopic (exact) mass is 442 g/mol. The van der Waals surface area contributed by atoms with Crippen LogP contribution in [-0.2, 0) is 25.7 Å². The van der Waals surface area contributed by atoms with Crippen LogP contribution in [0.15, 0.2) is 54.6 Å². The Labute approximate surface area is 192 Å². The molecule has 0 bridgehead atoms. The molecule has 2 N–H and O–H groups in total. The van der Waals surface area contributed by atoms with Crippen molar-refractivity contribution in [1.29, 1.82) is 0 Å². The van der Waals surface area contributed by atoms with Crippen molar-refractivity contribution in [2.75, 3.05) is 12.8 Å². The standard InChI is InChI=1S/C27H26N2O2S/c1-31-19-11-7-10-18(16-19)25(30)26-24(28)23-21-13-6-5-12-20(21)22(29-27(23)32-26)15-14-17-8-3-2-4-9-17/h2-4,7-11,16H,5-6,12-15,28H2,1H3. The van der Waals surface area contributed by atoms with Gasteiger partial charge in [-0.15, -0.1) is 11.3 Å². The quantitative estimate of drug-likeness (QED) is 0.384. The Morgan fingerprint density at radius 1 is 1.03 bits per heavy atom. The fourth-order valence-corrected chi connectivity index (χ4v) is 5.78. The Morgan fingerprint density at radius 2 is 1.81 bits per heavy atom. The number of nitrogens with zero attached hydrogens (tertiary/aromatic N) is 1. The Balaban J connectivity index is 1.57. The normalized spacial score (nSPS) is 13.2. The van der Waals surface area contributed by atoms with Crippen LogP contribution in [0.5, 0.6) is 5.75 Å². The first-order valence-electron chi connectivity index (χ1n) is 11.1. The summed E-state index contributed by atoms with van der Waals surface area (Å²) in [5.74, 6) is 0.592. The number of thiophene rings is 1.